The molecule has 1 amide bonds. The number of nitrogens with one attached hydrogen (secondary N) is 1. The predicted octanol–water partition coefficient (Wildman–Crippen LogP) is -0.437. The topological polar surface area (TPSA) is 55.4 Å². The molecule has 1 aliphatic rings. The summed E-state index contributed by atoms with van der Waals surface area (Å²) in [5.41, 5.74) is 0.243. The first-order valence-electron chi connectivity index (χ1n) is 2.82. The molecule has 4 heteroatoms. The largest absolute Gasteiger partial charge is 0.464 e. The highest BCUT2D eigenvalue weighted by molar-refractivity contribution is 5.97. The van der Waals surface area contributed by atoms with Crippen LogP contribution in [0.2, 0.25) is 0 Å². The first kappa shape index (κ1) is 6.80. The zero-order valence-corrected chi connectivity index (χ0v) is 5.51. The lowest BCUT2D eigenvalue weighted by molar-refractivity contribution is -0.137. The first-order chi connectivity index (χ1) is 4.74. The summed E-state index contributed by atoms with van der Waals surface area (Å²) in [4.78, 5) is 21.2. The van der Waals surface area contributed by atoms with E-state index in [1.54, 1.807) is 0 Å². The van der Waals surface area contributed by atoms with Crippen molar-refractivity contribution in [3.63, 3.8) is 0 Å². The van der Waals surface area contributed by atoms with E-state index >= 15 is 0 Å². The van der Waals surface area contributed by atoms with Crippen LogP contribution in [0.5, 0.6) is 0 Å². The van der Waals surface area contributed by atoms with E-state index < -0.39 is 5.97 Å². The number of carbonyl (C=O) groups is 2. The fraction of sp³-hybridized carbons (Fsp3) is 0.333. The van der Waals surface area contributed by atoms with Gasteiger partial charge in [-0.2, -0.15) is 0 Å². The summed E-state index contributed by atoms with van der Waals surface area (Å²) in [6.45, 7) is 0. The average Bonchev–Trinajstić information content (AvgIpc) is 2.34. The van der Waals surface area contributed by atoms with Crippen LogP contribution < -0.4 is 5.32 Å². The monoisotopic (exact) mass is 141 g/mol. The SMILES string of the molecule is COC(=O)C1=CCC(=O)N1. The van der Waals surface area contributed by atoms with Crippen LogP contribution in [0.1, 0.15) is 6.42 Å². The van der Waals surface area contributed by atoms with E-state index in [1.807, 2.05) is 0 Å². The maximum atomic E-state index is 10.7. The van der Waals surface area contributed by atoms with Gasteiger partial charge in [-0.3, -0.25) is 4.79 Å². The smallest absolute Gasteiger partial charge is 0.354 e. The van der Waals surface area contributed by atoms with Gasteiger partial charge in [0.05, 0.1) is 7.11 Å². The van der Waals surface area contributed by atoms with E-state index in [0.717, 1.165) is 0 Å². The third-order valence-electron chi connectivity index (χ3n) is 1.17. The van der Waals surface area contributed by atoms with Crippen LogP contribution in [0.4, 0.5) is 0 Å². The van der Waals surface area contributed by atoms with Crippen molar-refractivity contribution in [2.75, 3.05) is 7.11 Å². The number of rotatable bonds is 1. The molecule has 0 aromatic heterocycles. The van der Waals surface area contributed by atoms with E-state index in [9.17, 15) is 9.59 Å². The van der Waals surface area contributed by atoms with Gasteiger partial charge in [0.15, 0.2) is 0 Å². The molecule has 0 spiro atoms. The Morgan fingerprint density at radius 2 is 2.50 bits per heavy atom. The van der Waals surface area contributed by atoms with Crippen LogP contribution in [0.15, 0.2) is 11.8 Å². The zero-order valence-electron chi connectivity index (χ0n) is 5.51. The standard InChI is InChI=1S/C6H7NO3/c1-10-6(9)4-2-3-5(8)7-4/h2H,3H2,1H3,(H,7,8). The molecule has 0 saturated heterocycles. The molecule has 1 rings (SSSR count). The van der Waals surface area contributed by atoms with Crippen LogP contribution in [-0.2, 0) is 14.3 Å². The minimum Gasteiger partial charge on any atom is -0.464 e. The van der Waals surface area contributed by atoms with Gasteiger partial charge in [0.25, 0.3) is 0 Å². The number of ether oxygens (including phenoxy) is 1. The number of carbonyl (C=O) groups excluding carboxylic acids is 2. The number of hydrogen-bond donors (Lipinski definition) is 1. The Balaban J connectivity index is 2.59. The van der Waals surface area contributed by atoms with Crippen LogP contribution in [0.3, 0.4) is 0 Å². The predicted molar refractivity (Wildman–Crippen MR) is 32.9 cm³/mol. The van der Waals surface area contributed by atoms with Crippen molar-refractivity contribution in [2.45, 2.75) is 6.42 Å². The number of amides is 1. The van der Waals surface area contributed by atoms with Gasteiger partial charge < -0.3 is 10.1 Å². The molecule has 0 aromatic rings. The third kappa shape index (κ3) is 1.15. The Morgan fingerprint density at radius 3 is 2.90 bits per heavy atom. The van der Waals surface area contributed by atoms with Gasteiger partial charge in [0, 0.05) is 6.42 Å². The molecule has 0 radical (unpaired) electrons. The highest BCUT2D eigenvalue weighted by Crippen LogP contribution is 2.03. The molecule has 1 N–H and O–H groups in total. The van der Waals surface area contributed by atoms with Gasteiger partial charge in [-0.25, -0.2) is 4.79 Å². The highest BCUT2D eigenvalue weighted by Gasteiger charge is 2.17. The molecule has 0 bridgehead atoms. The van der Waals surface area contributed by atoms with Crippen molar-refractivity contribution < 1.29 is 14.3 Å². The summed E-state index contributed by atoms with van der Waals surface area (Å²) in [5, 5.41) is 2.35. The Kier molecular flexibility index (Phi) is 1.71. The van der Waals surface area contributed by atoms with Crippen LogP contribution in [0, 0.1) is 0 Å². The van der Waals surface area contributed by atoms with Gasteiger partial charge in [-0.15, -0.1) is 0 Å². The number of esters is 1. The summed E-state index contributed by atoms with van der Waals surface area (Å²) in [5.74, 6) is -0.661. The van der Waals surface area contributed by atoms with E-state index in [1.165, 1.54) is 13.2 Å². The molecular weight excluding hydrogens is 134 g/mol. The van der Waals surface area contributed by atoms with Gasteiger partial charge >= 0.3 is 5.97 Å². The lowest BCUT2D eigenvalue weighted by Gasteiger charge is -1.97. The minimum atomic E-state index is -0.495. The van der Waals surface area contributed by atoms with Crippen molar-refractivity contribution in [1.82, 2.24) is 5.32 Å². The number of methoxy groups -OCH3 is 1. The average molecular weight is 141 g/mol. The van der Waals surface area contributed by atoms with Crippen LogP contribution in [-0.4, -0.2) is 19.0 Å². The molecule has 1 aliphatic heterocycles. The lowest BCUT2D eigenvalue weighted by atomic mass is 10.4. The molecule has 0 aromatic carbocycles. The van der Waals surface area contributed by atoms with Crippen molar-refractivity contribution in [3.05, 3.63) is 11.8 Å². The highest BCUT2D eigenvalue weighted by atomic mass is 16.5. The Hall–Kier alpha value is -1.32. The van der Waals surface area contributed by atoms with Crippen molar-refractivity contribution in [2.24, 2.45) is 0 Å². The fourth-order valence-corrected chi connectivity index (χ4v) is 0.691. The summed E-state index contributed by atoms with van der Waals surface area (Å²) < 4.78 is 4.36. The molecule has 4 nitrogen and oxygen atoms in total. The summed E-state index contributed by atoms with van der Waals surface area (Å²) >= 11 is 0. The second-order valence-corrected chi connectivity index (χ2v) is 1.86. The van der Waals surface area contributed by atoms with Gasteiger partial charge in [-0.05, 0) is 6.08 Å². The quantitative estimate of drug-likeness (QED) is 0.504. The molecule has 54 valence electrons. The Bertz CT molecular complexity index is 207. The second kappa shape index (κ2) is 2.51. The number of hydrogen-bond acceptors (Lipinski definition) is 3. The van der Waals surface area contributed by atoms with E-state index in [0.29, 0.717) is 0 Å². The molecule has 1 heterocycles. The van der Waals surface area contributed by atoms with Crippen molar-refractivity contribution >= 4 is 11.9 Å². The summed E-state index contributed by atoms with van der Waals surface area (Å²) in [6.07, 6.45) is 1.78. The molecule has 0 fully saturated rings. The molecule has 0 unspecified atom stereocenters. The van der Waals surface area contributed by atoms with Crippen LogP contribution in [0.25, 0.3) is 0 Å². The Morgan fingerprint density at radius 1 is 1.80 bits per heavy atom. The molecule has 0 saturated carbocycles. The minimum absolute atomic E-state index is 0.166. The summed E-state index contributed by atoms with van der Waals surface area (Å²) in [7, 11) is 1.27. The molecule has 10 heavy (non-hydrogen) atoms. The third-order valence-corrected chi connectivity index (χ3v) is 1.17. The van der Waals surface area contributed by atoms with E-state index in [4.69, 9.17) is 0 Å². The fourth-order valence-electron chi connectivity index (χ4n) is 0.691. The lowest BCUT2D eigenvalue weighted by Crippen LogP contribution is -2.21. The maximum absolute atomic E-state index is 10.7. The van der Waals surface area contributed by atoms with Gasteiger partial charge in [0.1, 0.15) is 5.70 Å². The van der Waals surface area contributed by atoms with Crippen molar-refractivity contribution in [1.29, 1.82) is 0 Å². The maximum Gasteiger partial charge on any atom is 0.354 e. The molecule has 0 aliphatic carbocycles. The van der Waals surface area contributed by atoms with Gasteiger partial charge in [0.2, 0.25) is 5.91 Å². The Labute approximate surface area is 57.9 Å². The normalized spacial score (nSPS) is 16.1. The van der Waals surface area contributed by atoms with E-state index in [2.05, 4.69) is 10.1 Å². The molecule has 0 atom stereocenters. The summed E-state index contributed by atoms with van der Waals surface area (Å²) in [6, 6.07) is 0. The second-order valence-electron chi connectivity index (χ2n) is 1.86. The van der Waals surface area contributed by atoms with Crippen molar-refractivity contribution in [3.8, 4) is 0 Å². The zero-order chi connectivity index (χ0) is 7.56. The molecular formula is C6H7NO3. The van der Waals surface area contributed by atoms with Gasteiger partial charge in [-0.1, -0.05) is 0 Å². The van der Waals surface area contributed by atoms with Crippen LogP contribution >= 0.6 is 0 Å². The van der Waals surface area contributed by atoms with E-state index in [-0.39, 0.29) is 18.0 Å². The first-order valence-corrected chi connectivity index (χ1v) is 2.82.